The molecule has 1 aliphatic heterocycles. The van der Waals surface area contributed by atoms with Gasteiger partial charge in [0.05, 0.1) is 22.7 Å². The Bertz CT molecular complexity index is 482. The predicted octanol–water partition coefficient (Wildman–Crippen LogP) is 3.76. The number of halogens is 2. The van der Waals surface area contributed by atoms with E-state index in [0.717, 1.165) is 25.7 Å². The normalized spacial score (nSPS) is 19.6. The van der Waals surface area contributed by atoms with Crippen LogP contribution in [0.25, 0.3) is 0 Å². The molecule has 2 amide bonds. The van der Waals surface area contributed by atoms with Gasteiger partial charge in [-0.1, -0.05) is 36.0 Å². The average molecular weight is 317 g/mol. The van der Waals surface area contributed by atoms with Crippen LogP contribution in [-0.4, -0.2) is 35.2 Å². The summed E-state index contributed by atoms with van der Waals surface area (Å²) in [6, 6.07) is 4.65. The molecule has 1 aromatic carbocycles. The van der Waals surface area contributed by atoms with Crippen LogP contribution in [0.15, 0.2) is 18.2 Å². The predicted molar refractivity (Wildman–Crippen MR) is 81.5 cm³/mol. The van der Waals surface area contributed by atoms with E-state index in [4.69, 9.17) is 23.2 Å². The molecule has 1 atom stereocenters. The second kappa shape index (κ2) is 7.16. The minimum atomic E-state index is -0.204. The molecule has 4 nitrogen and oxygen atoms in total. The fraction of sp³-hybridized carbons (Fsp3) is 0.500. The fourth-order valence-corrected chi connectivity index (χ4v) is 2.70. The van der Waals surface area contributed by atoms with E-state index < -0.39 is 0 Å². The van der Waals surface area contributed by atoms with Crippen molar-refractivity contribution in [1.29, 1.82) is 0 Å². The van der Waals surface area contributed by atoms with Crippen LogP contribution < -0.4 is 5.32 Å². The molecule has 1 unspecified atom stereocenters. The molecule has 110 valence electrons. The monoisotopic (exact) mass is 316 g/mol. The first-order valence-electron chi connectivity index (χ1n) is 6.75. The van der Waals surface area contributed by atoms with Crippen molar-refractivity contribution >= 4 is 34.9 Å². The maximum absolute atomic E-state index is 12.3. The molecule has 1 heterocycles. The lowest BCUT2D eigenvalue weighted by molar-refractivity contribution is 0.142. The van der Waals surface area contributed by atoms with Gasteiger partial charge in [-0.2, -0.15) is 0 Å². The Morgan fingerprint density at radius 1 is 1.30 bits per heavy atom. The van der Waals surface area contributed by atoms with Crippen molar-refractivity contribution in [3.05, 3.63) is 28.2 Å². The van der Waals surface area contributed by atoms with Crippen molar-refractivity contribution < 1.29 is 9.90 Å². The third kappa shape index (κ3) is 3.78. The van der Waals surface area contributed by atoms with Gasteiger partial charge in [0.15, 0.2) is 0 Å². The highest BCUT2D eigenvalue weighted by atomic mass is 35.5. The molecule has 2 N–H and O–H groups in total. The van der Waals surface area contributed by atoms with Gasteiger partial charge in [-0.15, -0.1) is 0 Å². The van der Waals surface area contributed by atoms with Crippen LogP contribution in [0.5, 0.6) is 0 Å². The maximum atomic E-state index is 12.3. The third-order valence-corrected chi connectivity index (χ3v) is 4.26. The SMILES string of the molecule is O=C(Nc1ccc(Cl)c(Cl)c1)N1CCCCCC1CO. The molecule has 1 fully saturated rings. The summed E-state index contributed by atoms with van der Waals surface area (Å²) < 4.78 is 0. The first-order valence-corrected chi connectivity index (χ1v) is 7.51. The van der Waals surface area contributed by atoms with Gasteiger partial charge in [0.25, 0.3) is 0 Å². The Morgan fingerprint density at radius 2 is 2.10 bits per heavy atom. The minimum absolute atomic E-state index is 0.00516. The minimum Gasteiger partial charge on any atom is -0.394 e. The lowest BCUT2D eigenvalue weighted by Crippen LogP contribution is -2.44. The van der Waals surface area contributed by atoms with Crippen LogP contribution in [0.4, 0.5) is 10.5 Å². The van der Waals surface area contributed by atoms with Gasteiger partial charge in [-0.05, 0) is 31.0 Å². The highest BCUT2D eigenvalue weighted by molar-refractivity contribution is 6.42. The Kier molecular flexibility index (Phi) is 5.52. The summed E-state index contributed by atoms with van der Waals surface area (Å²) in [4.78, 5) is 14.0. The summed E-state index contributed by atoms with van der Waals surface area (Å²) in [5.74, 6) is 0. The zero-order chi connectivity index (χ0) is 14.5. The number of nitrogens with one attached hydrogen (secondary N) is 1. The molecule has 1 aliphatic rings. The van der Waals surface area contributed by atoms with E-state index in [0.29, 0.717) is 22.3 Å². The number of hydrogen-bond acceptors (Lipinski definition) is 2. The third-order valence-electron chi connectivity index (χ3n) is 3.52. The van der Waals surface area contributed by atoms with E-state index in [1.807, 2.05) is 0 Å². The molecule has 0 aliphatic carbocycles. The highest BCUT2D eigenvalue weighted by Gasteiger charge is 2.24. The van der Waals surface area contributed by atoms with E-state index in [9.17, 15) is 9.90 Å². The van der Waals surface area contributed by atoms with Crippen molar-refractivity contribution in [1.82, 2.24) is 4.90 Å². The number of anilines is 1. The molecule has 20 heavy (non-hydrogen) atoms. The molecule has 0 spiro atoms. The lowest BCUT2D eigenvalue weighted by Gasteiger charge is -2.28. The standard InChI is InChI=1S/C14H18Cl2N2O2/c15-12-6-5-10(8-13(12)16)17-14(20)18-7-3-1-2-4-11(18)9-19/h5-6,8,11,19H,1-4,7,9H2,(H,17,20). The number of rotatable bonds is 2. The Balaban J connectivity index is 2.07. The summed E-state index contributed by atoms with van der Waals surface area (Å²) in [5.41, 5.74) is 0.602. The van der Waals surface area contributed by atoms with E-state index in [1.165, 1.54) is 0 Å². The first-order chi connectivity index (χ1) is 9.61. The van der Waals surface area contributed by atoms with Gasteiger partial charge in [0.2, 0.25) is 0 Å². The lowest BCUT2D eigenvalue weighted by atomic mass is 10.1. The second-order valence-electron chi connectivity index (χ2n) is 4.94. The Hall–Kier alpha value is -0.970. The number of nitrogens with zero attached hydrogens (tertiary/aromatic N) is 1. The number of carbonyl (C=O) groups is 1. The summed E-state index contributed by atoms with van der Waals surface area (Å²) in [6.45, 7) is 0.660. The summed E-state index contributed by atoms with van der Waals surface area (Å²) in [6.07, 6.45) is 3.94. The molecule has 6 heteroatoms. The fourth-order valence-electron chi connectivity index (χ4n) is 2.40. The van der Waals surface area contributed by atoms with E-state index in [-0.39, 0.29) is 18.7 Å². The number of amides is 2. The number of likely N-dealkylation sites (tertiary alicyclic amines) is 1. The van der Waals surface area contributed by atoms with Crippen molar-refractivity contribution in [2.45, 2.75) is 31.7 Å². The molecule has 2 rings (SSSR count). The van der Waals surface area contributed by atoms with Crippen LogP contribution in [0.1, 0.15) is 25.7 Å². The molecule has 1 aromatic rings. The number of carbonyl (C=O) groups excluding carboxylic acids is 1. The van der Waals surface area contributed by atoms with Gasteiger partial charge in [0, 0.05) is 12.2 Å². The van der Waals surface area contributed by atoms with Gasteiger partial charge in [-0.25, -0.2) is 4.79 Å². The highest BCUT2D eigenvalue weighted by Crippen LogP contribution is 2.25. The number of aliphatic hydroxyl groups excluding tert-OH is 1. The van der Waals surface area contributed by atoms with Gasteiger partial charge in [-0.3, -0.25) is 0 Å². The number of hydrogen-bond donors (Lipinski definition) is 2. The van der Waals surface area contributed by atoms with Gasteiger partial charge < -0.3 is 15.3 Å². The summed E-state index contributed by atoms with van der Waals surface area (Å²) in [5, 5.41) is 13.1. The summed E-state index contributed by atoms with van der Waals surface area (Å²) >= 11 is 11.8. The maximum Gasteiger partial charge on any atom is 0.322 e. The van der Waals surface area contributed by atoms with Crippen LogP contribution in [0.3, 0.4) is 0 Å². The van der Waals surface area contributed by atoms with Crippen molar-refractivity contribution in [2.75, 3.05) is 18.5 Å². The average Bonchev–Trinajstić information content (AvgIpc) is 2.68. The first kappa shape index (κ1) is 15.4. The van der Waals surface area contributed by atoms with Gasteiger partial charge >= 0.3 is 6.03 Å². The number of urea groups is 1. The zero-order valence-electron chi connectivity index (χ0n) is 11.1. The Morgan fingerprint density at radius 3 is 2.80 bits per heavy atom. The van der Waals surface area contributed by atoms with Crippen LogP contribution >= 0.6 is 23.2 Å². The van der Waals surface area contributed by atoms with Crippen LogP contribution in [-0.2, 0) is 0 Å². The van der Waals surface area contributed by atoms with Gasteiger partial charge in [0.1, 0.15) is 0 Å². The Labute approximate surface area is 128 Å². The largest absolute Gasteiger partial charge is 0.394 e. The number of aliphatic hydroxyl groups is 1. The van der Waals surface area contributed by atoms with E-state index in [2.05, 4.69) is 5.32 Å². The van der Waals surface area contributed by atoms with Crippen molar-refractivity contribution in [3.8, 4) is 0 Å². The second-order valence-corrected chi connectivity index (χ2v) is 5.75. The topological polar surface area (TPSA) is 52.6 Å². The van der Waals surface area contributed by atoms with Crippen LogP contribution in [0, 0.1) is 0 Å². The molecule has 0 radical (unpaired) electrons. The summed E-state index contributed by atoms with van der Waals surface area (Å²) in [7, 11) is 0. The van der Waals surface area contributed by atoms with Crippen molar-refractivity contribution in [3.63, 3.8) is 0 Å². The molecule has 1 saturated heterocycles. The molecule has 0 saturated carbocycles. The quantitative estimate of drug-likeness (QED) is 0.872. The number of benzene rings is 1. The van der Waals surface area contributed by atoms with Crippen molar-refractivity contribution in [2.24, 2.45) is 0 Å². The van der Waals surface area contributed by atoms with E-state index >= 15 is 0 Å². The molecule has 0 bridgehead atoms. The smallest absolute Gasteiger partial charge is 0.322 e. The molecular weight excluding hydrogens is 299 g/mol. The van der Waals surface area contributed by atoms with Crippen LogP contribution in [0.2, 0.25) is 10.0 Å². The zero-order valence-corrected chi connectivity index (χ0v) is 12.6. The molecular formula is C14H18Cl2N2O2. The van der Waals surface area contributed by atoms with E-state index in [1.54, 1.807) is 23.1 Å². The molecule has 0 aromatic heterocycles.